The molecule has 1 atom stereocenters. The van der Waals surface area contributed by atoms with Gasteiger partial charge in [0.05, 0.1) is 17.3 Å². The van der Waals surface area contributed by atoms with Crippen molar-refractivity contribution in [1.82, 2.24) is 10.2 Å². The molecule has 0 saturated carbocycles. The number of hydrogen-bond acceptors (Lipinski definition) is 5. The lowest BCUT2D eigenvalue weighted by Gasteiger charge is -2.40. The normalized spacial score (nSPS) is 20.8. The third kappa shape index (κ3) is 3.64. The fourth-order valence-corrected chi connectivity index (χ4v) is 5.26. The Morgan fingerprint density at radius 3 is 2.40 bits per heavy atom. The van der Waals surface area contributed by atoms with Crippen molar-refractivity contribution in [2.45, 2.75) is 65.8 Å². The van der Waals surface area contributed by atoms with Gasteiger partial charge in [0.25, 0.3) is 0 Å². The Bertz CT molecular complexity index is 949. The van der Waals surface area contributed by atoms with Gasteiger partial charge in [-0.05, 0) is 86.8 Å². The standard InChI is InChI=1S/C25H33N5/c1-17(2)22-7-9-24(28-27-22)29-12-10-25(11-13-29)14-18(3)30(16-25)23-8-6-21(15-26)19(4)20(23)5/h6-9,17-18H,10-14,16H2,1-5H3/t18-/m0/s1. The van der Waals surface area contributed by atoms with E-state index in [1.54, 1.807) is 0 Å². The van der Waals surface area contributed by atoms with Crippen LogP contribution in [0.5, 0.6) is 0 Å². The van der Waals surface area contributed by atoms with Crippen LogP contribution in [0.2, 0.25) is 0 Å². The first-order valence-electron chi connectivity index (χ1n) is 11.2. The Morgan fingerprint density at radius 2 is 1.80 bits per heavy atom. The van der Waals surface area contributed by atoms with Gasteiger partial charge in [-0.2, -0.15) is 10.4 Å². The summed E-state index contributed by atoms with van der Waals surface area (Å²) < 4.78 is 0. The fraction of sp³-hybridized carbons (Fsp3) is 0.560. The highest BCUT2D eigenvalue weighted by Crippen LogP contribution is 2.46. The summed E-state index contributed by atoms with van der Waals surface area (Å²) in [6, 6.07) is 11.2. The molecule has 0 amide bonds. The predicted octanol–water partition coefficient (Wildman–Crippen LogP) is 4.97. The molecule has 2 aliphatic heterocycles. The Morgan fingerprint density at radius 1 is 1.07 bits per heavy atom. The molecule has 5 nitrogen and oxygen atoms in total. The van der Waals surface area contributed by atoms with E-state index < -0.39 is 0 Å². The molecule has 0 N–H and O–H groups in total. The first-order chi connectivity index (χ1) is 14.3. The highest BCUT2D eigenvalue weighted by Gasteiger charge is 2.44. The van der Waals surface area contributed by atoms with Crippen LogP contribution in [0.25, 0.3) is 0 Å². The largest absolute Gasteiger partial charge is 0.368 e. The van der Waals surface area contributed by atoms with Gasteiger partial charge in [-0.3, -0.25) is 0 Å². The van der Waals surface area contributed by atoms with Crippen LogP contribution in [0, 0.1) is 30.6 Å². The molecule has 158 valence electrons. The Balaban J connectivity index is 1.47. The zero-order valence-corrected chi connectivity index (χ0v) is 18.9. The Hall–Kier alpha value is -2.61. The number of nitriles is 1. The molecule has 0 aliphatic carbocycles. The van der Waals surface area contributed by atoms with Crippen molar-refractivity contribution in [3.63, 3.8) is 0 Å². The SMILES string of the molecule is Cc1c(C#N)ccc(N2CC3(CCN(c4ccc(C(C)C)nn4)CC3)C[C@@H]2C)c1C. The van der Waals surface area contributed by atoms with Crippen LogP contribution in [0.15, 0.2) is 24.3 Å². The maximum atomic E-state index is 9.33. The minimum atomic E-state index is 0.370. The van der Waals surface area contributed by atoms with Crippen molar-refractivity contribution in [1.29, 1.82) is 5.26 Å². The maximum absolute atomic E-state index is 9.33. The monoisotopic (exact) mass is 403 g/mol. The summed E-state index contributed by atoms with van der Waals surface area (Å²) in [5.74, 6) is 1.42. The topological polar surface area (TPSA) is 56.1 Å². The second-order valence-electron chi connectivity index (χ2n) is 9.63. The van der Waals surface area contributed by atoms with E-state index in [-0.39, 0.29) is 0 Å². The molecular weight excluding hydrogens is 370 g/mol. The first-order valence-corrected chi connectivity index (χ1v) is 11.2. The van der Waals surface area contributed by atoms with E-state index in [0.717, 1.165) is 42.3 Å². The molecule has 2 aliphatic rings. The van der Waals surface area contributed by atoms with E-state index in [1.165, 1.54) is 30.5 Å². The molecule has 1 aromatic heterocycles. The van der Waals surface area contributed by atoms with Crippen LogP contribution >= 0.6 is 0 Å². The molecule has 30 heavy (non-hydrogen) atoms. The molecule has 4 rings (SSSR count). The van der Waals surface area contributed by atoms with Gasteiger partial charge in [0.2, 0.25) is 0 Å². The smallest absolute Gasteiger partial charge is 0.151 e. The number of aromatic nitrogens is 2. The fourth-order valence-electron chi connectivity index (χ4n) is 5.26. The highest BCUT2D eigenvalue weighted by molar-refractivity contribution is 5.61. The molecule has 5 heteroatoms. The summed E-state index contributed by atoms with van der Waals surface area (Å²) in [7, 11) is 0. The van der Waals surface area contributed by atoms with Gasteiger partial charge in [0.15, 0.2) is 5.82 Å². The lowest BCUT2D eigenvalue weighted by Crippen LogP contribution is -2.42. The lowest BCUT2D eigenvalue weighted by molar-refractivity contribution is 0.244. The molecule has 0 radical (unpaired) electrons. The maximum Gasteiger partial charge on any atom is 0.151 e. The van der Waals surface area contributed by atoms with Gasteiger partial charge in [-0.1, -0.05) is 13.8 Å². The van der Waals surface area contributed by atoms with Gasteiger partial charge < -0.3 is 9.80 Å². The summed E-state index contributed by atoms with van der Waals surface area (Å²) in [6.45, 7) is 14.1. The second-order valence-corrected chi connectivity index (χ2v) is 9.63. The van der Waals surface area contributed by atoms with Crippen molar-refractivity contribution in [2.24, 2.45) is 5.41 Å². The number of benzene rings is 1. The number of anilines is 2. The summed E-state index contributed by atoms with van der Waals surface area (Å²) in [5, 5.41) is 18.2. The molecular formula is C25H33N5. The van der Waals surface area contributed by atoms with Gasteiger partial charge in [-0.25, -0.2) is 0 Å². The lowest BCUT2D eigenvalue weighted by atomic mass is 9.77. The molecule has 3 heterocycles. The average Bonchev–Trinajstić information content (AvgIpc) is 3.06. The van der Waals surface area contributed by atoms with Gasteiger partial charge in [0, 0.05) is 31.4 Å². The van der Waals surface area contributed by atoms with Crippen LogP contribution in [0.4, 0.5) is 11.5 Å². The van der Waals surface area contributed by atoms with Crippen molar-refractivity contribution in [3.8, 4) is 6.07 Å². The van der Waals surface area contributed by atoms with E-state index >= 15 is 0 Å². The number of hydrogen-bond donors (Lipinski definition) is 0. The van der Waals surface area contributed by atoms with E-state index in [4.69, 9.17) is 0 Å². The Labute approximate surface area is 180 Å². The van der Waals surface area contributed by atoms with Gasteiger partial charge in [-0.15, -0.1) is 5.10 Å². The summed E-state index contributed by atoms with van der Waals surface area (Å²) >= 11 is 0. The third-order valence-electron chi connectivity index (χ3n) is 7.37. The third-order valence-corrected chi connectivity index (χ3v) is 7.37. The molecule has 1 spiro atoms. The zero-order valence-electron chi connectivity index (χ0n) is 18.9. The first kappa shape index (κ1) is 20.7. The van der Waals surface area contributed by atoms with Crippen molar-refractivity contribution < 1.29 is 0 Å². The summed E-state index contributed by atoms with van der Waals surface area (Å²) in [5.41, 5.74) is 5.87. The Kier molecular flexibility index (Phi) is 5.44. The predicted molar refractivity (Wildman–Crippen MR) is 122 cm³/mol. The van der Waals surface area contributed by atoms with E-state index in [0.29, 0.717) is 17.4 Å². The summed E-state index contributed by atoms with van der Waals surface area (Å²) in [6.07, 6.45) is 3.61. The number of rotatable bonds is 3. The van der Waals surface area contributed by atoms with E-state index in [9.17, 15) is 5.26 Å². The van der Waals surface area contributed by atoms with Crippen molar-refractivity contribution in [3.05, 3.63) is 46.6 Å². The van der Waals surface area contributed by atoms with Gasteiger partial charge >= 0.3 is 0 Å². The van der Waals surface area contributed by atoms with Gasteiger partial charge in [0.1, 0.15) is 0 Å². The van der Waals surface area contributed by atoms with E-state index in [2.05, 4.69) is 78.9 Å². The summed E-state index contributed by atoms with van der Waals surface area (Å²) in [4.78, 5) is 4.98. The molecule has 2 fully saturated rings. The average molecular weight is 404 g/mol. The number of piperidine rings is 1. The van der Waals surface area contributed by atoms with Crippen LogP contribution < -0.4 is 9.80 Å². The number of nitrogens with zero attached hydrogens (tertiary/aromatic N) is 5. The minimum Gasteiger partial charge on any atom is -0.368 e. The molecule has 2 aromatic rings. The van der Waals surface area contributed by atoms with E-state index in [1.807, 2.05) is 6.07 Å². The van der Waals surface area contributed by atoms with Crippen LogP contribution in [-0.4, -0.2) is 35.9 Å². The molecule has 1 aromatic carbocycles. The molecule has 0 bridgehead atoms. The minimum absolute atomic E-state index is 0.370. The van der Waals surface area contributed by atoms with Crippen LogP contribution in [0.3, 0.4) is 0 Å². The van der Waals surface area contributed by atoms with Crippen LogP contribution in [-0.2, 0) is 0 Å². The van der Waals surface area contributed by atoms with Crippen LogP contribution in [0.1, 0.15) is 68.3 Å². The second kappa shape index (κ2) is 7.91. The molecule has 0 unspecified atom stereocenters. The van der Waals surface area contributed by atoms with Crippen molar-refractivity contribution in [2.75, 3.05) is 29.4 Å². The quantitative estimate of drug-likeness (QED) is 0.724. The zero-order chi connectivity index (χ0) is 21.5. The van der Waals surface area contributed by atoms with Crippen molar-refractivity contribution >= 4 is 11.5 Å². The molecule has 2 saturated heterocycles. The highest BCUT2D eigenvalue weighted by atomic mass is 15.3.